The van der Waals surface area contributed by atoms with Crippen LogP contribution in [0, 0.1) is 5.92 Å². The van der Waals surface area contributed by atoms with E-state index in [9.17, 15) is 4.79 Å². The van der Waals surface area contributed by atoms with Gasteiger partial charge in [-0.1, -0.05) is 6.07 Å². The third-order valence-electron chi connectivity index (χ3n) is 5.31. The Balaban J connectivity index is 1.40. The summed E-state index contributed by atoms with van der Waals surface area (Å²) in [5.74, 6) is 1.22. The van der Waals surface area contributed by atoms with Crippen LogP contribution < -0.4 is 10.3 Å². The van der Waals surface area contributed by atoms with Crippen LogP contribution in [0.4, 0.5) is 0 Å². The maximum Gasteiger partial charge on any atom is 0.261 e. The maximum absolute atomic E-state index is 12.8. The van der Waals surface area contributed by atoms with Crippen LogP contribution in [0.2, 0.25) is 0 Å². The van der Waals surface area contributed by atoms with Gasteiger partial charge in [0.15, 0.2) is 0 Å². The number of piperidine rings is 1. The van der Waals surface area contributed by atoms with E-state index in [1.54, 1.807) is 30.1 Å². The first-order chi connectivity index (χ1) is 13.2. The Morgan fingerprint density at radius 1 is 1.15 bits per heavy atom. The number of pyridine rings is 1. The molecule has 27 heavy (non-hydrogen) atoms. The molecule has 0 atom stereocenters. The third-order valence-corrected chi connectivity index (χ3v) is 5.31. The number of rotatable bonds is 5. The summed E-state index contributed by atoms with van der Waals surface area (Å²) in [4.78, 5) is 24.1. The Labute approximate surface area is 158 Å². The summed E-state index contributed by atoms with van der Waals surface area (Å²) < 4.78 is 6.97. The van der Waals surface area contributed by atoms with Crippen molar-refractivity contribution in [3.8, 4) is 5.75 Å². The zero-order valence-electron chi connectivity index (χ0n) is 15.5. The average molecular weight is 364 g/mol. The molecule has 2 aromatic heterocycles. The van der Waals surface area contributed by atoms with Gasteiger partial charge >= 0.3 is 0 Å². The minimum Gasteiger partial charge on any atom is -0.497 e. The Bertz CT molecular complexity index is 963. The van der Waals surface area contributed by atoms with Gasteiger partial charge in [0.05, 0.1) is 30.0 Å². The van der Waals surface area contributed by atoms with Crippen molar-refractivity contribution in [2.45, 2.75) is 25.9 Å². The van der Waals surface area contributed by atoms with E-state index in [1.807, 2.05) is 24.4 Å². The first-order valence-electron chi connectivity index (χ1n) is 9.38. The van der Waals surface area contributed by atoms with Crippen LogP contribution in [-0.4, -0.2) is 39.6 Å². The van der Waals surface area contributed by atoms with Gasteiger partial charge in [0.2, 0.25) is 0 Å². The molecule has 0 radical (unpaired) electrons. The summed E-state index contributed by atoms with van der Waals surface area (Å²) in [5, 5.41) is 0.644. The summed E-state index contributed by atoms with van der Waals surface area (Å²) in [5.41, 5.74) is 1.82. The van der Waals surface area contributed by atoms with Crippen molar-refractivity contribution >= 4 is 10.9 Å². The molecule has 0 amide bonds. The zero-order valence-corrected chi connectivity index (χ0v) is 15.5. The molecule has 0 bridgehead atoms. The molecule has 3 heterocycles. The highest BCUT2D eigenvalue weighted by Gasteiger charge is 2.20. The fraction of sp³-hybridized carbons (Fsp3) is 0.381. The fourth-order valence-electron chi connectivity index (χ4n) is 3.72. The van der Waals surface area contributed by atoms with Crippen LogP contribution in [0.25, 0.3) is 10.9 Å². The van der Waals surface area contributed by atoms with Gasteiger partial charge in [-0.15, -0.1) is 0 Å². The van der Waals surface area contributed by atoms with E-state index in [0.717, 1.165) is 44.7 Å². The predicted molar refractivity (Wildman–Crippen MR) is 105 cm³/mol. The van der Waals surface area contributed by atoms with Gasteiger partial charge in [-0.3, -0.25) is 19.2 Å². The summed E-state index contributed by atoms with van der Waals surface area (Å²) in [6.07, 6.45) is 5.68. The number of methoxy groups -OCH3 is 1. The Kier molecular flexibility index (Phi) is 5.16. The lowest BCUT2D eigenvalue weighted by molar-refractivity contribution is 0.165. The van der Waals surface area contributed by atoms with Crippen molar-refractivity contribution in [2.24, 2.45) is 5.92 Å². The van der Waals surface area contributed by atoms with Crippen LogP contribution in [0.1, 0.15) is 18.5 Å². The van der Waals surface area contributed by atoms with Crippen LogP contribution in [0.3, 0.4) is 0 Å². The van der Waals surface area contributed by atoms with Crippen molar-refractivity contribution in [1.82, 2.24) is 19.4 Å². The average Bonchev–Trinajstić information content (AvgIpc) is 2.72. The molecule has 0 unspecified atom stereocenters. The molecular weight excluding hydrogens is 340 g/mol. The van der Waals surface area contributed by atoms with E-state index in [-0.39, 0.29) is 5.56 Å². The van der Waals surface area contributed by atoms with Gasteiger partial charge < -0.3 is 4.74 Å². The van der Waals surface area contributed by atoms with E-state index >= 15 is 0 Å². The highest BCUT2D eigenvalue weighted by Crippen LogP contribution is 2.21. The second-order valence-corrected chi connectivity index (χ2v) is 7.13. The molecule has 4 rings (SSSR count). The van der Waals surface area contributed by atoms with Crippen molar-refractivity contribution < 1.29 is 4.74 Å². The molecule has 0 saturated carbocycles. The number of fused-ring (bicyclic) bond motifs is 1. The van der Waals surface area contributed by atoms with Crippen LogP contribution in [0.15, 0.2) is 53.7 Å². The molecule has 6 heteroatoms. The Morgan fingerprint density at radius 2 is 2.00 bits per heavy atom. The van der Waals surface area contributed by atoms with Crippen molar-refractivity contribution in [1.29, 1.82) is 0 Å². The first-order valence-corrected chi connectivity index (χ1v) is 9.38. The van der Waals surface area contributed by atoms with E-state index in [0.29, 0.717) is 22.6 Å². The standard InChI is InChI=1S/C21H24N4O2/c1-27-18-5-6-19-20(12-18)23-15-25(21(19)26)13-16-7-10-24(11-8-16)14-17-4-2-3-9-22-17/h2-6,9,12,15-16H,7-8,10-11,13-14H2,1H3. The topological polar surface area (TPSA) is 60.2 Å². The van der Waals surface area contributed by atoms with E-state index < -0.39 is 0 Å². The van der Waals surface area contributed by atoms with E-state index in [2.05, 4.69) is 20.9 Å². The maximum atomic E-state index is 12.8. The summed E-state index contributed by atoms with van der Waals surface area (Å²) in [6, 6.07) is 11.5. The highest BCUT2D eigenvalue weighted by molar-refractivity contribution is 5.78. The number of benzene rings is 1. The molecule has 3 aromatic rings. The highest BCUT2D eigenvalue weighted by atomic mass is 16.5. The molecule has 1 fully saturated rings. The second kappa shape index (κ2) is 7.88. The largest absolute Gasteiger partial charge is 0.497 e. The molecular formula is C21H24N4O2. The lowest BCUT2D eigenvalue weighted by Crippen LogP contribution is -2.36. The van der Waals surface area contributed by atoms with Crippen molar-refractivity contribution in [3.63, 3.8) is 0 Å². The second-order valence-electron chi connectivity index (χ2n) is 7.13. The normalized spacial score (nSPS) is 15.9. The van der Waals surface area contributed by atoms with Gasteiger partial charge in [-0.2, -0.15) is 0 Å². The van der Waals surface area contributed by atoms with Gasteiger partial charge in [-0.05, 0) is 56.1 Å². The smallest absolute Gasteiger partial charge is 0.261 e. The van der Waals surface area contributed by atoms with Gasteiger partial charge in [-0.25, -0.2) is 4.98 Å². The molecule has 6 nitrogen and oxygen atoms in total. The molecule has 0 spiro atoms. The Hall–Kier alpha value is -2.73. The van der Waals surface area contributed by atoms with Crippen molar-refractivity contribution in [3.05, 3.63) is 65.0 Å². The van der Waals surface area contributed by atoms with Crippen LogP contribution in [-0.2, 0) is 13.1 Å². The van der Waals surface area contributed by atoms with Crippen LogP contribution >= 0.6 is 0 Å². The minimum absolute atomic E-state index is 0.0265. The molecule has 0 N–H and O–H groups in total. The molecule has 1 aliphatic rings. The van der Waals surface area contributed by atoms with E-state index in [4.69, 9.17) is 4.74 Å². The SMILES string of the molecule is COc1ccc2c(=O)n(CC3CCN(Cc4ccccn4)CC3)cnc2c1. The van der Waals surface area contributed by atoms with Crippen molar-refractivity contribution in [2.75, 3.05) is 20.2 Å². The third kappa shape index (κ3) is 4.01. The van der Waals surface area contributed by atoms with Gasteiger partial charge in [0, 0.05) is 25.4 Å². The number of ether oxygens (including phenoxy) is 1. The summed E-state index contributed by atoms with van der Waals surface area (Å²) in [6.45, 7) is 3.69. The number of hydrogen-bond acceptors (Lipinski definition) is 5. The number of aromatic nitrogens is 3. The quantitative estimate of drug-likeness (QED) is 0.697. The zero-order chi connectivity index (χ0) is 18.6. The molecule has 1 saturated heterocycles. The Morgan fingerprint density at radius 3 is 2.74 bits per heavy atom. The number of nitrogens with zero attached hydrogens (tertiary/aromatic N) is 4. The number of hydrogen-bond donors (Lipinski definition) is 0. The van der Waals surface area contributed by atoms with Crippen LogP contribution in [0.5, 0.6) is 5.75 Å². The molecule has 1 aliphatic heterocycles. The van der Waals surface area contributed by atoms with Gasteiger partial charge in [0.1, 0.15) is 5.75 Å². The lowest BCUT2D eigenvalue weighted by Gasteiger charge is -2.31. The predicted octanol–water partition coefficient (Wildman–Crippen LogP) is 2.71. The molecule has 140 valence electrons. The monoisotopic (exact) mass is 364 g/mol. The minimum atomic E-state index is 0.0265. The lowest BCUT2D eigenvalue weighted by atomic mass is 9.96. The molecule has 1 aromatic carbocycles. The number of likely N-dealkylation sites (tertiary alicyclic amines) is 1. The molecule has 0 aliphatic carbocycles. The van der Waals surface area contributed by atoms with Gasteiger partial charge in [0.25, 0.3) is 5.56 Å². The summed E-state index contributed by atoms with van der Waals surface area (Å²) >= 11 is 0. The van der Waals surface area contributed by atoms with E-state index in [1.165, 1.54) is 0 Å². The first kappa shape index (κ1) is 17.7. The summed E-state index contributed by atoms with van der Waals surface area (Å²) in [7, 11) is 1.61. The fourth-order valence-corrected chi connectivity index (χ4v) is 3.72.